The minimum atomic E-state index is -1.12. The summed E-state index contributed by atoms with van der Waals surface area (Å²) in [5.74, 6) is -1.35. The molecule has 0 aromatic carbocycles. The van der Waals surface area contributed by atoms with E-state index in [4.69, 9.17) is 5.11 Å². The Balaban J connectivity index is 2.42. The highest BCUT2D eigenvalue weighted by Gasteiger charge is 2.24. The summed E-state index contributed by atoms with van der Waals surface area (Å²) in [6, 6.07) is 1.81. The van der Waals surface area contributed by atoms with E-state index in [0.29, 0.717) is 13.0 Å². The Morgan fingerprint density at radius 3 is 2.82 bits per heavy atom. The van der Waals surface area contributed by atoms with Crippen molar-refractivity contribution in [2.24, 2.45) is 0 Å². The predicted octanol–water partition coefficient (Wildman–Crippen LogP) is -0.00240. The number of aromatic nitrogens is 1. The van der Waals surface area contributed by atoms with Crippen LogP contribution < -0.4 is 10.9 Å². The third-order valence-electron chi connectivity index (χ3n) is 2.78. The first-order valence-corrected chi connectivity index (χ1v) is 5.33. The van der Waals surface area contributed by atoms with Crippen LogP contribution in [0.25, 0.3) is 0 Å². The van der Waals surface area contributed by atoms with Crippen LogP contribution in [0.15, 0.2) is 23.1 Å². The van der Waals surface area contributed by atoms with E-state index in [1.54, 1.807) is 0 Å². The zero-order valence-corrected chi connectivity index (χ0v) is 9.05. The van der Waals surface area contributed by atoms with Gasteiger partial charge in [-0.25, -0.2) is 4.79 Å². The van der Waals surface area contributed by atoms with Crippen LogP contribution in [-0.4, -0.2) is 28.1 Å². The molecular formula is C11H12N2O4. The second kappa shape index (κ2) is 4.40. The molecular weight excluding hydrogens is 224 g/mol. The van der Waals surface area contributed by atoms with Gasteiger partial charge in [0.25, 0.3) is 5.56 Å². The first-order valence-electron chi connectivity index (χ1n) is 5.33. The summed E-state index contributed by atoms with van der Waals surface area (Å²) in [5.41, 5.74) is -0.361. The number of nitrogens with one attached hydrogen (secondary N) is 1. The summed E-state index contributed by atoms with van der Waals surface area (Å²) in [5, 5.41) is 11.5. The van der Waals surface area contributed by atoms with E-state index in [2.05, 4.69) is 5.32 Å². The lowest BCUT2D eigenvalue weighted by atomic mass is 10.1. The summed E-state index contributed by atoms with van der Waals surface area (Å²) < 4.78 is 1.19. The maximum Gasteiger partial charge on any atom is 0.337 e. The molecule has 1 saturated heterocycles. The Morgan fingerprint density at radius 2 is 2.18 bits per heavy atom. The Kier molecular flexibility index (Phi) is 2.95. The molecule has 0 bridgehead atoms. The average Bonchev–Trinajstić information content (AvgIpc) is 2.30. The van der Waals surface area contributed by atoms with Crippen LogP contribution in [0.3, 0.4) is 0 Å². The number of hydrogen-bond donors (Lipinski definition) is 2. The Hall–Kier alpha value is -2.11. The van der Waals surface area contributed by atoms with Crippen LogP contribution in [0.4, 0.5) is 0 Å². The number of carbonyl (C=O) groups excluding carboxylic acids is 1. The van der Waals surface area contributed by atoms with Crippen LogP contribution in [0.5, 0.6) is 0 Å². The summed E-state index contributed by atoms with van der Waals surface area (Å²) in [7, 11) is 0. The molecule has 0 spiro atoms. The van der Waals surface area contributed by atoms with E-state index in [0.717, 1.165) is 6.42 Å². The van der Waals surface area contributed by atoms with Gasteiger partial charge in [-0.05, 0) is 18.9 Å². The van der Waals surface area contributed by atoms with Gasteiger partial charge in [0.1, 0.15) is 6.04 Å². The Bertz CT molecular complexity index is 520. The second-order valence-electron chi connectivity index (χ2n) is 3.92. The van der Waals surface area contributed by atoms with Crippen molar-refractivity contribution in [2.45, 2.75) is 18.9 Å². The molecule has 1 aliphatic heterocycles. The largest absolute Gasteiger partial charge is 0.478 e. The molecule has 0 radical (unpaired) electrons. The smallest absolute Gasteiger partial charge is 0.337 e. The molecule has 0 saturated carbocycles. The van der Waals surface area contributed by atoms with Gasteiger partial charge in [0.2, 0.25) is 5.91 Å². The molecule has 2 heterocycles. The van der Waals surface area contributed by atoms with Crippen LogP contribution >= 0.6 is 0 Å². The number of carbonyl (C=O) groups is 2. The van der Waals surface area contributed by atoms with Crippen LogP contribution in [0, 0.1) is 0 Å². The van der Waals surface area contributed by atoms with Gasteiger partial charge in [-0.2, -0.15) is 0 Å². The molecule has 0 aliphatic carbocycles. The zero-order valence-electron chi connectivity index (χ0n) is 9.05. The number of nitrogens with zero attached hydrogens (tertiary/aromatic N) is 1. The van der Waals surface area contributed by atoms with E-state index >= 15 is 0 Å². The number of hydrogen-bond acceptors (Lipinski definition) is 3. The van der Waals surface area contributed by atoms with Crippen molar-refractivity contribution >= 4 is 11.9 Å². The van der Waals surface area contributed by atoms with Gasteiger partial charge in [0, 0.05) is 18.8 Å². The van der Waals surface area contributed by atoms with Gasteiger partial charge in [-0.15, -0.1) is 0 Å². The van der Waals surface area contributed by atoms with Gasteiger partial charge in [-0.1, -0.05) is 0 Å². The lowest BCUT2D eigenvalue weighted by Gasteiger charge is -2.23. The van der Waals surface area contributed by atoms with Gasteiger partial charge >= 0.3 is 5.97 Å². The number of carboxylic acids is 1. The number of aromatic carboxylic acids is 1. The lowest BCUT2D eigenvalue weighted by molar-refractivity contribution is -0.125. The zero-order chi connectivity index (χ0) is 12.4. The highest BCUT2D eigenvalue weighted by atomic mass is 16.4. The van der Waals surface area contributed by atoms with E-state index in [1.807, 2.05) is 0 Å². The molecule has 17 heavy (non-hydrogen) atoms. The fourth-order valence-corrected chi connectivity index (χ4v) is 1.90. The lowest BCUT2D eigenvalue weighted by Crippen LogP contribution is -2.41. The molecule has 2 N–H and O–H groups in total. The molecule has 1 amide bonds. The van der Waals surface area contributed by atoms with Crippen molar-refractivity contribution in [2.75, 3.05) is 6.54 Å². The minimum absolute atomic E-state index is 0.00275. The van der Waals surface area contributed by atoms with Crippen molar-refractivity contribution in [3.8, 4) is 0 Å². The molecule has 2 rings (SSSR count). The van der Waals surface area contributed by atoms with Gasteiger partial charge in [0.05, 0.1) is 5.56 Å². The number of rotatable bonds is 2. The number of piperidine rings is 1. The number of carboxylic acid groups (broad SMARTS) is 1. The van der Waals surface area contributed by atoms with E-state index < -0.39 is 12.0 Å². The molecule has 1 aliphatic rings. The molecule has 1 fully saturated rings. The standard InChI is InChI=1S/C11H12N2O4/c14-9-4-3-7(11(16)17)6-13(9)8-2-1-5-12-10(8)15/h3-4,6,8H,1-2,5H2,(H,12,15)(H,16,17). The molecule has 6 nitrogen and oxygen atoms in total. The van der Waals surface area contributed by atoms with Gasteiger partial charge < -0.3 is 15.0 Å². The summed E-state index contributed by atoms with van der Waals surface area (Å²) in [4.78, 5) is 34.1. The summed E-state index contributed by atoms with van der Waals surface area (Å²) in [6.07, 6.45) is 2.55. The van der Waals surface area contributed by atoms with Crippen LogP contribution in [-0.2, 0) is 4.79 Å². The highest BCUT2D eigenvalue weighted by molar-refractivity contribution is 5.87. The molecule has 1 aromatic rings. The normalized spacial score (nSPS) is 19.8. The monoisotopic (exact) mass is 236 g/mol. The van der Waals surface area contributed by atoms with Crippen molar-refractivity contribution < 1.29 is 14.7 Å². The molecule has 1 aromatic heterocycles. The molecule has 1 atom stereocenters. The maximum atomic E-state index is 11.6. The van der Waals surface area contributed by atoms with Crippen molar-refractivity contribution in [1.29, 1.82) is 0 Å². The Morgan fingerprint density at radius 1 is 1.41 bits per heavy atom. The third-order valence-corrected chi connectivity index (χ3v) is 2.78. The second-order valence-corrected chi connectivity index (χ2v) is 3.92. The molecule has 1 unspecified atom stereocenters. The number of amides is 1. The van der Waals surface area contributed by atoms with Crippen LogP contribution in [0.1, 0.15) is 29.2 Å². The van der Waals surface area contributed by atoms with Crippen molar-refractivity contribution in [1.82, 2.24) is 9.88 Å². The maximum absolute atomic E-state index is 11.6. The predicted molar refractivity (Wildman–Crippen MR) is 58.9 cm³/mol. The van der Waals surface area contributed by atoms with E-state index in [9.17, 15) is 14.4 Å². The van der Waals surface area contributed by atoms with Crippen LogP contribution in [0.2, 0.25) is 0 Å². The Labute approximate surface area is 96.9 Å². The minimum Gasteiger partial charge on any atom is -0.478 e. The molecule has 6 heteroatoms. The highest BCUT2D eigenvalue weighted by Crippen LogP contribution is 2.16. The first-order chi connectivity index (χ1) is 8.09. The number of pyridine rings is 1. The third kappa shape index (κ3) is 2.20. The topological polar surface area (TPSA) is 88.4 Å². The quantitative estimate of drug-likeness (QED) is 0.756. The fourth-order valence-electron chi connectivity index (χ4n) is 1.90. The van der Waals surface area contributed by atoms with Gasteiger partial charge in [0.15, 0.2) is 0 Å². The first kappa shape index (κ1) is 11.4. The fraction of sp³-hybridized carbons (Fsp3) is 0.364. The van der Waals surface area contributed by atoms with E-state index in [-0.39, 0.29) is 17.0 Å². The van der Waals surface area contributed by atoms with E-state index in [1.165, 1.54) is 22.9 Å². The SMILES string of the molecule is O=C(O)c1ccc(=O)n(C2CCCNC2=O)c1. The average molecular weight is 236 g/mol. The van der Waals surface area contributed by atoms with Crippen molar-refractivity contribution in [3.05, 3.63) is 34.2 Å². The summed E-state index contributed by atoms with van der Waals surface area (Å²) in [6.45, 7) is 0.600. The summed E-state index contributed by atoms with van der Waals surface area (Å²) >= 11 is 0. The molecule has 90 valence electrons. The van der Waals surface area contributed by atoms with Crippen molar-refractivity contribution in [3.63, 3.8) is 0 Å². The van der Waals surface area contributed by atoms with Gasteiger partial charge in [-0.3, -0.25) is 9.59 Å².